The smallest absolute Gasteiger partial charge is 0.344 e. The maximum absolute atomic E-state index is 12.9. The topological polar surface area (TPSA) is 98.9 Å². The lowest BCUT2D eigenvalue weighted by Gasteiger charge is -2.42. The second-order valence-electron chi connectivity index (χ2n) is 6.87. The molecule has 2 N–H and O–H groups in total. The summed E-state index contributed by atoms with van der Waals surface area (Å²) in [6.45, 7) is 3.10. The third kappa shape index (κ3) is 3.59. The predicted molar refractivity (Wildman–Crippen MR) is 117 cm³/mol. The first-order chi connectivity index (χ1) is 14.9. The van der Waals surface area contributed by atoms with Crippen LogP contribution in [-0.4, -0.2) is 24.3 Å². The standard InChI is InChI=1S/C23H20N2O5S/c1-3-29-22(27)17(13(2)26)21-25(14-9-5-4-6-10-14)19-15-11-7-8-12-16(15)30-23(28)18(19)20(24)31-21/h4-12,19H,3,24H2,1-2H3/t19-/m0/s1. The number of esters is 2. The molecule has 0 radical (unpaired) electrons. The van der Waals surface area contributed by atoms with Crippen molar-refractivity contribution in [3.63, 3.8) is 0 Å². The highest BCUT2D eigenvalue weighted by Gasteiger charge is 2.45. The summed E-state index contributed by atoms with van der Waals surface area (Å²) >= 11 is 0.984. The van der Waals surface area contributed by atoms with Gasteiger partial charge < -0.3 is 20.1 Å². The summed E-state index contributed by atoms with van der Waals surface area (Å²) in [6, 6.07) is 15.7. The molecule has 0 saturated heterocycles. The van der Waals surface area contributed by atoms with Crippen LogP contribution < -0.4 is 15.4 Å². The molecule has 0 fully saturated rings. The summed E-state index contributed by atoms with van der Waals surface area (Å²) in [6.07, 6.45) is 0. The predicted octanol–water partition coefficient (Wildman–Crippen LogP) is 3.43. The molecule has 2 aromatic rings. The zero-order valence-corrected chi connectivity index (χ0v) is 17.8. The molecule has 0 aliphatic carbocycles. The van der Waals surface area contributed by atoms with Crippen LogP contribution in [0, 0.1) is 0 Å². The van der Waals surface area contributed by atoms with Crippen molar-refractivity contribution in [1.29, 1.82) is 0 Å². The molecule has 0 spiro atoms. The van der Waals surface area contributed by atoms with E-state index in [0.29, 0.717) is 22.0 Å². The van der Waals surface area contributed by atoms with E-state index in [4.69, 9.17) is 15.2 Å². The molecule has 7 nitrogen and oxygen atoms in total. The maximum atomic E-state index is 12.9. The molecular weight excluding hydrogens is 416 g/mol. The average molecular weight is 436 g/mol. The Kier molecular flexibility index (Phi) is 5.56. The number of ketones is 1. The van der Waals surface area contributed by atoms with Crippen molar-refractivity contribution in [2.75, 3.05) is 11.5 Å². The molecule has 2 aromatic carbocycles. The van der Waals surface area contributed by atoms with Crippen molar-refractivity contribution < 1.29 is 23.9 Å². The van der Waals surface area contributed by atoms with Crippen LogP contribution >= 0.6 is 11.8 Å². The molecule has 2 heterocycles. The molecule has 158 valence electrons. The van der Waals surface area contributed by atoms with Crippen molar-refractivity contribution in [2.45, 2.75) is 19.9 Å². The number of carbonyl (C=O) groups is 3. The number of para-hydroxylation sites is 2. The van der Waals surface area contributed by atoms with Crippen LogP contribution in [0.2, 0.25) is 0 Å². The van der Waals surface area contributed by atoms with Crippen molar-refractivity contribution >= 4 is 35.2 Å². The lowest BCUT2D eigenvalue weighted by molar-refractivity contribution is -0.139. The number of benzene rings is 2. The second-order valence-corrected chi connectivity index (χ2v) is 7.90. The zero-order chi connectivity index (χ0) is 22.1. The van der Waals surface area contributed by atoms with Gasteiger partial charge in [0.2, 0.25) is 0 Å². The van der Waals surface area contributed by atoms with E-state index >= 15 is 0 Å². The monoisotopic (exact) mass is 436 g/mol. The number of nitrogens with two attached hydrogens (primary N) is 1. The lowest BCUT2D eigenvalue weighted by atomic mass is 9.93. The van der Waals surface area contributed by atoms with E-state index in [-0.39, 0.29) is 22.8 Å². The number of hydrogen-bond acceptors (Lipinski definition) is 8. The highest BCUT2D eigenvalue weighted by atomic mass is 32.2. The van der Waals surface area contributed by atoms with Crippen LogP contribution in [0.15, 0.2) is 75.8 Å². The van der Waals surface area contributed by atoms with Crippen molar-refractivity contribution in [2.24, 2.45) is 5.73 Å². The largest absolute Gasteiger partial charge is 0.462 e. The molecule has 2 aliphatic heterocycles. The van der Waals surface area contributed by atoms with Crippen LogP contribution in [0.1, 0.15) is 25.5 Å². The summed E-state index contributed by atoms with van der Waals surface area (Å²) in [4.78, 5) is 39.9. The summed E-state index contributed by atoms with van der Waals surface area (Å²) < 4.78 is 10.7. The lowest BCUT2D eigenvalue weighted by Crippen LogP contribution is -2.41. The maximum Gasteiger partial charge on any atom is 0.344 e. The molecule has 0 bridgehead atoms. The fourth-order valence-corrected chi connectivity index (χ4v) is 4.81. The Labute approximate surface area is 183 Å². The second kappa shape index (κ2) is 8.31. The number of Topliss-reactive ketones (excluding diaryl/α,β-unsaturated/α-hetero) is 1. The molecule has 2 aliphatic rings. The van der Waals surface area contributed by atoms with Crippen LogP contribution in [0.25, 0.3) is 0 Å². The highest BCUT2D eigenvalue weighted by Crippen LogP contribution is 2.52. The Balaban J connectivity index is 2.05. The number of thioether (sulfide) groups is 1. The third-order valence-corrected chi connectivity index (χ3v) is 5.97. The van der Waals surface area contributed by atoms with Gasteiger partial charge in [-0.05, 0) is 32.0 Å². The summed E-state index contributed by atoms with van der Waals surface area (Å²) in [5, 5.41) is 0.489. The Bertz CT molecular complexity index is 1140. The van der Waals surface area contributed by atoms with Crippen molar-refractivity contribution in [1.82, 2.24) is 0 Å². The number of nitrogens with zero attached hydrogens (tertiary/aromatic N) is 1. The summed E-state index contributed by atoms with van der Waals surface area (Å²) in [5.74, 6) is -1.35. The van der Waals surface area contributed by atoms with E-state index < -0.39 is 23.8 Å². The van der Waals surface area contributed by atoms with Gasteiger partial charge >= 0.3 is 11.9 Å². The quantitative estimate of drug-likeness (QED) is 0.256. The minimum Gasteiger partial charge on any atom is -0.462 e. The van der Waals surface area contributed by atoms with E-state index in [1.165, 1.54) is 6.92 Å². The average Bonchev–Trinajstić information content (AvgIpc) is 2.74. The van der Waals surface area contributed by atoms with Crippen molar-refractivity contribution in [3.8, 4) is 5.75 Å². The van der Waals surface area contributed by atoms with E-state index in [2.05, 4.69) is 0 Å². The first-order valence-electron chi connectivity index (χ1n) is 9.69. The Morgan fingerprint density at radius 1 is 1.13 bits per heavy atom. The molecular formula is C23H20N2O5S. The van der Waals surface area contributed by atoms with Gasteiger partial charge in [-0.2, -0.15) is 0 Å². The van der Waals surface area contributed by atoms with Crippen LogP contribution in [0.3, 0.4) is 0 Å². The number of hydrogen-bond donors (Lipinski definition) is 1. The van der Waals surface area contributed by atoms with Crippen LogP contribution in [-0.2, 0) is 19.1 Å². The Morgan fingerprint density at radius 2 is 1.81 bits per heavy atom. The van der Waals surface area contributed by atoms with Crippen molar-refractivity contribution in [3.05, 3.63) is 81.4 Å². The molecule has 0 aromatic heterocycles. The van der Waals surface area contributed by atoms with Gasteiger partial charge in [0, 0.05) is 11.3 Å². The fourth-order valence-electron chi connectivity index (χ4n) is 3.66. The number of rotatable bonds is 4. The third-order valence-electron chi connectivity index (χ3n) is 4.94. The molecule has 4 rings (SSSR count). The van der Waals surface area contributed by atoms with Gasteiger partial charge in [0.25, 0.3) is 0 Å². The minimum atomic E-state index is -0.735. The number of fused-ring (bicyclic) bond motifs is 3. The Hall–Kier alpha value is -3.52. The van der Waals surface area contributed by atoms with Crippen LogP contribution in [0.5, 0.6) is 5.75 Å². The van der Waals surface area contributed by atoms with Gasteiger partial charge in [-0.15, -0.1) is 0 Å². The molecule has 1 atom stereocenters. The molecule has 0 saturated carbocycles. The fraction of sp³-hybridized carbons (Fsp3) is 0.174. The van der Waals surface area contributed by atoms with E-state index in [0.717, 1.165) is 11.8 Å². The normalized spacial score (nSPS) is 19.2. The van der Waals surface area contributed by atoms with Crippen LogP contribution in [0.4, 0.5) is 5.69 Å². The van der Waals surface area contributed by atoms with Gasteiger partial charge in [-0.25, -0.2) is 9.59 Å². The van der Waals surface area contributed by atoms with E-state index in [1.807, 2.05) is 42.5 Å². The number of carbonyl (C=O) groups excluding carboxylic acids is 3. The van der Waals surface area contributed by atoms with Gasteiger partial charge in [0.1, 0.15) is 16.4 Å². The summed E-state index contributed by atoms with van der Waals surface area (Å²) in [5.41, 5.74) is 7.84. The summed E-state index contributed by atoms with van der Waals surface area (Å²) in [7, 11) is 0. The minimum absolute atomic E-state index is 0.117. The number of anilines is 1. The van der Waals surface area contributed by atoms with Gasteiger partial charge in [-0.3, -0.25) is 4.79 Å². The van der Waals surface area contributed by atoms with Gasteiger partial charge in [0.15, 0.2) is 5.78 Å². The number of ether oxygens (including phenoxy) is 2. The molecule has 0 amide bonds. The zero-order valence-electron chi connectivity index (χ0n) is 17.0. The highest BCUT2D eigenvalue weighted by molar-refractivity contribution is 8.07. The van der Waals surface area contributed by atoms with E-state index in [1.54, 1.807) is 24.0 Å². The van der Waals surface area contributed by atoms with Gasteiger partial charge in [0.05, 0.1) is 23.3 Å². The molecule has 0 unspecified atom stereocenters. The first kappa shape index (κ1) is 20.7. The van der Waals surface area contributed by atoms with E-state index in [9.17, 15) is 14.4 Å². The molecule has 8 heteroatoms. The Morgan fingerprint density at radius 3 is 2.48 bits per heavy atom. The first-order valence-corrected chi connectivity index (χ1v) is 10.5. The van der Waals surface area contributed by atoms with Gasteiger partial charge in [-0.1, -0.05) is 48.2 Å². The SMILES string of the molecule is CCOC(=O)C(C(C)=O)=C1SC(N)=C2C(=O)Oc3ccccc3[C@@H]2N1c1ccccc1. The molecule has 31 heavy (non-hydrogen) atoms.